The first-order valence-electron chi connectivity index (χ1n) is 10.2. The molecule has 0 aromatic heterocycles. The molecule has 1 aromatic carbocycles. The number of carbonyl (C=O) groups excluding carboxylic acids is 3. The number of benzene rings is 1. The third-order valence-corrected chi connectivity index (χ3v) is 6.64. The summed E-state index contributed by atoms with van der Waals surface area (Å²) in [5.74, 6) is -0.696. The SMILES string of the molecule is CCCN1C(=O)N(CCC)C(=O)C2(Cc3c(Cl)cccc3N3CCC[C@H]32)C1=O. The molecule has 6 nitrogen and oxygen atoms in total. The first-order valence-corrected chi connectivity index (χ1v) is 10.6. The number of carbonyl (C=O) groups is 3. The number of anilines is 1. The molecule has 4 rings (SSSR count). The van der Waals surface area contributed by atoms with E-state index in [-0.39, 0.29) is 24.3 Å². The van der Waals surface area contributed by atoms with Crippen LogP contribution in [0.4, 0.5) is 10.5 Å². The van der Waals surface area contributed by atoms with Gasteiger partial charge in [-0.25, -0.2) is 4.79 Å². The highest BCUT2D eigenvalue weighted by atomic mass is 35.5. The molecule has 1 atom stereocenters. The van der Waals surface area contributed by atoms with Crippen molar-refractivity contribution >= 4 is 35.1 Å². The summed E-state index contributed by atoms with van der Waals surface area (Å²) in [6, 6.07) is 5.03. The highest BCUT2D eigenvalue weighted by Crippen LogP contribution is 2.51. The molecule has 4 amide bonds. The highest BCUT2D eigenvalue weighted by molar-refractivity contribution is 6.32. The Hall–Kier alpha value is -2.08. The van der Waals surface area contributed by atoms with E-state index in [0.29, 0.717) is 31.0 Å². The van der Waals surface area contributed by atoms with Crippen LogP contribution in [0.25, 0.3) is 0 Å². The Morgan fingerprint density at radius 3 is 2.32 bits per heavy atom. The molecule has 1 spiro atoms. The first kappa shape index (κ1) is 19.2. The summed E-state index contributed by atoms with van der Waals surface area (Å²) < 4.78 is 0. The minimum Gasteiger partial charge on any atom is -0.367 e. The molecular weight excluding hydrogens is 378 g/mol. The quantitative estimate of drug-likeness (QED) is 0.722. The van der Waals surface area contributed by atoms with E-state index in [4.69, 9.17) is 11.6 Å². The van der Waals surface area contributed by atoms with Gasteiger partial charge in [-0.05, 0) is 43.4 Å². The van der Waals surface area contributed by atoms with Gasteiger partial charge in [-0.15, -0.1) is 0 Å². The molecular formula is C21H26ClN3O3. The van der Waals surface area contributed by atoms with Crippen LogP contribution >= 0.6 is 11.6 Å². The average Bonchev–Trinajstić information content (AvgIpc) is 3.18. The van der Waals surface area contributed by atoms with Gasteiger partial charge in [0.05, 0.1) is 6.04 Å². The Kier molecular flexibility index (Phi) is 4.86. The van der Waals surface area contributed by atoms with E-state index < -0.39 is 11.4 Å². The largest absolute Gasteiger partial charge is 0.367 e. The molecule has 3 heterocycles. The zero-order chi connectivity index (χ0) is 20.1. The summed E-state index contributed by atoms with van der Waals surface area (Å²) in [4.78, 5) is 45.1. The highest BCUT2D eigenvalue weighted by Gasteiger charge is 2.64. The zero-order valence-corrected chi connectivity index (χ0v) is 17.2. The molecule has 7 heteroatoms. The predicted octanol–water partition coefficient (Wildman–Crippen LogP) is 3.46. The van der Waals surface area contributed by atoms with Crippen LogP contribution in [-0.2, 0) is 16.0 Å². The molecule has 1 aromatic rings. The van der Waals surface area contributed by atoms with E-state index in [1.807, 2.05) is 26.0 Å². The second-order valence-corrected chi connectivity index (χ2v) is 8.34. The molecule has 3 aliphatic rings. The summed E-state index contributed by atoms with van der Waals surface area (Å²) in [6.45, 7) is 5.31. The van der Waals surface area contributed by atoms with Crippen LogP contribution in [0.5, 0.6) is 0 Å². The van der Waals surface area contributed by atoms with Gasteiger partial charge in [-0.1, -0.05) is 31.5 Å². The van der Waals surface area contributed by atoms with Gasteiger partial charge in [0.15, 0.2) is 5.41 Å². The number of rotatable bonds is 4. The second kappa shape index (κ2) is 7.07. The Labute approximate surface area is 170 Å². The fourth-order valence-electron chi connectivity index (χ4n) is 5.13. The van der Waals surface area contributed by atoms with Crippen molar-refractivity contribution in [3.8, 4) is 0 Å². The summed E-state index contributed by atoms with van der Waals surface area (Å²) >= 11 is 6.51. The molecule has 0 unspecified atom stereocenters. The van der Waals surface area contributed by atoms with Crippen molar-refractivity contribution in [2.24, 2.45) is 5.41 Å². The third-order valence-electron chi connectivity index (χ3n) is 6.29. The molecule has 2 fully saturated rings. The number of hydrogen-bond donors (Lipinski definition) is 0. The lowest BCUT2D eigenvalue weighted by atomic mass is 9.68. The van der Waals surface area contributed by atoms with E-state index in [1.54, 1.807) is 6.07 Å². The maximum Gasteiger partial charge on any atom is 0.333 e. The number of fused-ring (bicyclic) bond motifs is 4. The van der Waals surface area contributed by atoms with Gasteiger partial charge in [0, 0.05) is 36.8 Å². The smallest absolute Gasteiger partial charge is 0.333 e. The Bertz CT molecular complexity index is 812. The number of urea groups is 1. The van der Waals surface area contributed by atoms with Gasteiger partial charge >= 0.3 is 6.03 Å². The number of amides is 4. The number of nitrogens with zero attached hydrogens (tertiary/aromatic N) is 3. The van der Waals surface area contributed by atoms with Crippen molar-refractivity contribution in [2.75, 3.05) is 24.5 Å². The van der Waals surface area contributed by atoms with Crippen LogP contribution in [0, 0.1) is 5.41 Å². The first-order chi connectivity index (χ1) is 13.5. The van der Waals surface area contributed by atoms with Crippen LogP contribution in [0.2, 0.25) is 5.02 Å². The van der Waals surface area contributed by atoms with Crippen LogP contribution in [0.1, 0.15) is 45.1 Å². The number of barbiturate groups is 1. The molecule has 150 valence electrons. The van der Waals surface area contributed by atoms with Crippen LogP contribution in [0.3, 0.4) is 0 Å². The lowest BCUT2D eigenvalue weighted by molar-refractivity contribution is -0.161. The predicted molar refractivity (Wildman–Crippen MR) is 107 cm³/mol. The topological polar surface area (TPSA) is 60.9 Å². The van der Waals surface area contributed by atoms with E-state index in [9.17, 15) is 14.4 Å². The summed E-state index contributed by atoms with van der Waals surface area (Å²) in [5, 5.41) is 0.573. The lowest BCUT2D eigenvalue weighted by Gasteiger charge is -2.52. The van der Waals surface area contributed by atoms with Gasteiger partial charge in [0.2, 0.25) is 11.8 Å². The molecule has 28 heavy (non-hydrogen) atoms. The van der Waals surface area contributed by atoms with Crippen LogP contribution in [-0.4, -0.2) is 53.3 Å². The molecule has 0 saturated carbocycles. The van der Waals surface area contributed by atoms with Crippen LogP contribution in [0.15, 0.2) is 18.2 Å². The normalized spacial score (nSPS) is 23.5. The molecule has 3 aliphatic heterocycles. The summed E-state index contributed by atoms with van der Waals surface area (Å²) in [6.07, 6.45) is 3.25. The van der Waals surface area contributed by atoms with Gasteiger partial charge in [0.25, 0.3) is 0 Å². The maximum absolute atomic E-state index is 13.7. The fourth-order valence-corrected chi connectivity index (χ4v) is 5.36. The third kappa shape index (κ3) is 2.50. The van der Waals surface area contributed by atoms with Crippen molar-refractivity contribution < 1.29 is 14.4 Å². The Morgan fingerprint density at radius 2 is 1.71 bits per heavy atom. The van der Waals surface area contributed by atoms with Crippen molar-refractivity contribution in [2.45, 2.75) is 52.0 Å². The monoisotopic (exact) mass is 403 g/mol. The van der Waals surface area contributed by atoms with Crippen molar-refractivity contribution in [1.82, 2.24) is 9.80 Å². The van der Waals surface area contributed by atoms with E-state index in [0.717, 1.165) is 30.6 Å². The summed E-state index contributed by atoms with van der Waals surface area (Å²) in [7, 11) is 0. The summed E-state index contributed by atoms with van der Waals surface area (Å²) in [5.41, 5.74) is 0.584. The molecule has 0 bridgehead atoms. The standard InChI is InChI=1S/C21H26ClN3O3/c1-3-10-24-18(26)21(19(27)25(11-4-2)20(24)28)13-14-15(22)7-5-8-16(14)23-12-6-9-17(21)23/h5,7-8,17H,3-4,6,9-13H2,1-2H3/t17-/m0/s1. The van der Waals surface area contributed by atoms with Gasteiger partial charge in [0.1, 0.15) is 0 Å². The van der Waals surface area contributed by atoms with E-state index in [1.165, 1.54) is 9.80 Å². The number of imide groups is 2. The van der Waals surface area contributed by atoms with Gasteiger partial charge < -0.3 is 4.90 Å². The number of halogens is 1. The van der Waals surface area contributed by atoms with Crippen molar-refractivity contribution in [3.63, 3.8) is 0 Å². The van der Waals surface area contributed by atoms with Crippen LogP contribution < -0.4 is 4.90 Å². The molecule has 0 aliphatic carbocycles. The second-order valence-electron chi connectivity index (χ2n) is 7.93. The van der Waals surface area contributed by atoms with E-state index >= 15 is 0 Å². The Morgan fingerprint density at radius 1 is 1.07 bits per heavy atom. The van der Waals surface area contributed by atoms with E-state index in [2.05, 4.69) is 4.90 Å². The zero-order valence-electron chi connectivity index (χ0n) is 16.4. The molecule has 2 saturated heterocycles. The minimum atomic E-state index is -1.27. The Balaban J connectivity index is 1.90. The average molecular weight is 404 g/mol. The van der Waals surface area contributed by atoms with Gasteiger partial charge in [-0.2, -0.15) is 0 Å². The van der Waals surface area contributed by atoms with Gasteiger partial charge in [-0.3, -0.25) is 19.4 Å². The van der Waals surface area contributed by atoms with Crippen molar-refractivity contribution in [3.05, 3.63) is 28.8 Å². The van der Waals surface area contributed by atoms with Crippen molar-refractivity contribution in [1.29, 1.82) is 0 Å². The molecule has 0 radical (unpaired) electrons. The molecule has 0 N–H and O–H groups in total. The minimum absolute atomic E-state index is 0.231. The lowest BCUT2D eigenvalue weighted by Crippen LogP contribution is -2.72. The fraction of sp³-hybridized carbons (Fsp3) is 0.571. The maximum atomic E-state index is 13.7. The number of hydrogen-bond acceptors (Lipinski definition) is 4.